The quantitative estimate of drug-likeness (QED) is 0.633. The average Bonchev–Trinajstić information content (AvgIpc) is 3.13. The van der Waals surface area contributed by atoms with E-state index in [2.05, 4.69) is 5.10 Å². The molecule has 0 saturated carbocycles. The van der Waals surface area contributed by atoms with Gasteiger partial charge >= 0.3 is 0 Å². The third-order valence-electron chi connectivity index (χ3n) is 6.39. The van der Waals surface area contributed by atoms with Crippen molar-refractivity contribution in [1.82, 2.24) is 19.6 Å². The first kappa shape index (κ1) is 21.8. The molecule has 0 radical (unpaired) electrons. The number of benzene rings is 2. The summed E-state index contributed by atoms with van der Waals surface area (Å²) >= 11 is 0. The number of para-hydroxylation sites is 1. The molecule has 6 heteroatoms. The summed E-state index contributed by atoms with van der Waals surface area (Å²) in [5.41, 5.74) is 3.55. The fourth-order valence-corrected chi connectivity index (χ4v) is 4.42. The van der Waals surface area contributed by atoms with E-state index < -0.39 is 5.41 Å². The Balaban J connectivity index is 1.47. The molecular weight excluding hydrogens is 400 g/mol. The molecule has 1 aromatic heterocycles. The van der Waals surface area contributed by atoms with E-state index in [1.54, 1.807) is 0 Å². The van der Waals surface area contributed by atoms with E-state index >= 15 is 0 Å². The summed E-state index contributed by atoms with van der Waals surface area (Å²) in [5, 5.41) is 4.61. The number of amides is 2. The van der Waals surface area contributed by atoms with E-state index in [0.717, 1.165) is 22.6 Å². The highest BCUT2D eigenvalue weighted by atomic mass is 16.2. The van der Waals surface area contributed by atoms with Gasteiger partial charge in [-0.2, -0.15) is 5.10 Å². The zero-order valence-corrected chi connectivity index (χ0v) is 19.2. The molecule has 0 unspecified atom stereocenters. The summed E-state index contributed by atoms with van der Waals surface area (Å²) in [6.07, 6.45) is 0. The molecule has 2 heterocycles. The van der Waals surface area contributed by atoms with Crippen molar-refractivity contribution in [1.29, 1.82) is 0 Å². The molecule has 0 N–H and O–H groups in total. The van der Waals surface area contributed by atoms with Crippen LogP contribution in [0.25, 0.3) is 5.69 Å². The van der Waals surface area contributed by atoms with E-state index in [9.17, 15) is 9.59 Å². The van der Waals surface area contributed by atoms with Crippen LogP contribution in [0.2, 0.25) is 0 Å². The lowest BCUT2D eigenvalue weighted by atomic mass is 9.83. The van der Waals surface area contributed by atoms with Gasteiger partial charge in [-0.25, -0.2) is 4.68 Å². The molecule has 2 amide bonds. The normalized spacial score (nSPS) is 14.5. The molecule has 2 aromatic carbocycles. The minimum absolute atomic E-state index is 0.0170. The maximum atomic E-state index is 13.4. The van der Waals surface area contributed by atoms with Crippen molar-refractivity contribution in [3.05, 3.63) is 83.2 Å². The van der Waals surface area contributed by atoms with Crippen molar-refractivity contribution >= 4 is 11.8 Å². The molecule has 1 aliphatic rings. The number of rotatable bonds is 4. The van der Waals surface area contributed by atoms with Crippen LogP contribution < -0.4 is 0 Å². The van der Waals surface area contributed by atoms with Gasteiger partial charge in [0.1, 0.15) is 0 Å². The van der Waals surface area contributed by atoms with E-state index in [-0.39, 0.29) is 11.8 Å². The zero-order chi connectivity index (χ0) is 22.9. The monoisotopic (exact) mass is 430 g/mol. The average molecular weight is 431 g/mol. The lowest BCUT2D eigenvalue weighted by Crippen LogP contribution is -2.54. The SMILES string of the molecule is Cc1nn(-c2ccccc2)c(C)c1C(=O)N1CCN(C(=O)C(C)(C)c2ccccc2)CC1. The van der Waals surface area contributed by atoms with Crippen molar-refractivity contribution in [2.24, 2.45) is 0 Å². The first-order chi connectivity index (χ1) is 15.3. The number of carbonyl (C=O) groups is 2. The Labute approximate surface area is 189 Å². The van der Waals surface area contributed by atoms with Gasteiger partial charge in [0.25, 0.3) is 5.91 Å². The smallest absolute Gasteiger partial charge is 0.257 e. The number of nitrogens with zero attached hydrogens (tertiary/aromatic N) is 4. The Hall–Kier alpha value is -3.41. The molecule has 0 bridgehead atoms. The van der Waals surface area contributed by atoms with Gasteiger partial charge in [0.15, 0.2) is 0 Å². The van der Waals surface area contributed by atoms with Gasteiger partial charge in [0, 0.05) is 26.2 Å². The van der Waals surface area contributed by atoms with Gasteiger partial charge in [-0.15, -0.1) is 0 Å². The van der Waals surface area contributed by atoms with Crippen LogP contribution in [-0.4, -0.2) is 57.6 Å². The van der Waals surface area contributed by atoms with Crippen LogP contribution >= 0.6 is 0 Å². The van der Waals surface area contributed by atoms with Crippen LogP contribution in [0.1, 0.15) is 41.2 Å². The Bertz CT molecular complexity index is 1110. The second-order valence-electron chi connectivity index (χ2n) is 8.87. The first-order valence-electron chi connectivity index (χ1n) is 11.1. The standard InChI is InChI=1S/C26H30N4O2/c1-19-23(20(2)30(27-19)22-13-9-6-10-14-22)24(31)28-15-17-29(18-16-28)25(32)26(3,4)21-11-7-5-8-12-21/h5-14H,15-18H2,1-4H3. The van der Waals surface area contributed by atoms with Crippen LogP contribution in [0.5, 0.6) is 0 Å². The molecule has 0 atom stereocenters. The number of aryl methyl sites for hydroxylation is 1. The maximum absolute atomic E-state index is 13.4. The number of hydrogen-bond acceptors (Lipinski definition) is 3. The summed E-state index contributed by atoms with van der Waals surface area (Å²) < 4.78 is 1.82. The lowest BCUT2D eigenvalue weighted by molar-refractivity contribution is -0.137. The number of aromatic nitrogens is 2. The topological polar surface area (TPSA) is 58.4 Å². The van der Waals surface area contributed by atoms with Crippen LogP contribution in [0, 0.1) is 13.8 Å². The molecule has 166 valence electrons. The van der Waals surface area contributed by atoms with Crippen molar-refractivity contribution in [3.63, 3.8) is 0 Å². The van der Waals surface area contributed by atoms with Crippen LogP contribution in [0.3, 0.4) is 0 Å². The number of carbonyl (C=O) groups excluding carboxylic acids is 2. The minimum atomic E-state index is -0.600. The maximum Gasteiger partial charge on any atom is 0.257 e. The highest BCUT2D eigenvalue weighted by Gasteiger charge is 2.36. The van der Waals surface area contributed by atoms with E-state index in [0.29, 0.717) is 31.7 Å². The Morgan fingerprint density at radius 3 is 1.94 bits per heavy atom. The third-order valence-corrected chi connectivity index (χ3v) is 6.39. The molecule has 32 heavy (non-hydrogen) atoms. The molecule has 0 spiro atoms. The highest BCUT2D eigenvalue weighted by Crippen LogP contribution is 2.27. The van der Waals surface area contributed by atoms with E-state index in [1.165, 1.54) is 0 Å². The summed E-state index contributed by atoms with van der Waals surface area (Å²) in [4.78, 5) is 30.3. The molecule has 4 rings (SSSR count). The molecule has 6 nitrogen and oxygen atoms in total. The van der Waals surface area contributed by atoms with Gasteiger partial charge in [0.05, 0.1) is 28.1 Å². The van der Waals surface area contributed by atoms with Gasteiger partial charge in [-0.3, -0.25) is 9.59 Å². The molecule has 1 fully saturated rings. The second-order valence-corrected chi connectivity index (χ2v) is 8.87. The van der Waals surface area contributed by atoms with Gasteiger partial charge in [-0.1, -0.05) is 48.5 Å². The Morgan fingerprint density at radius 2 is 1.34 bits per heavy atom. The second kappa shape index (κ2) is 8.61. The lowest BCUT2D eigenvalue weighted by Gasteiger charge is -2.38. The summed E-state index contributed by atoms with van der Waals surface area (Å²) in [6.45, 7) is 9.84. The van der Waals surface area contributed by atoms with Gasteiger partial charge in [-0.05, 0) is 45.4 Å². The van der Waals surface area contributed by atoms with E-state index in [1.807, 2.05) is 103 Å². The zero-order valence-electron chi connectivity index (χ0n) is 19.2. The van der Waals surface area contributed by atoms with Gasteiger partial charge < -0.3 is 9.80 Å². The van der Waals surface area contributed by atoms with Gasteiger partial charge in [0.2, 0.25) is 5.91 Å². The minimum Gasteiger partial charge on any atom is -0.338 e. The first-order valence-corrected chi connectivity index (χ1v) is 11.1. The summed E-state index contributed by atoms with van der Waals surface area (Å²) in [5.74, 6) is 0.0802. The largest absolute Gasteiger partial charge is 0.338 e. The summed E-state index contributed by atoms with van der Waals surface area (Å²) in [7, 11) is 0. The molecule has 1 saturated heterocycles. The predicted molar refractivity (Wildman–Crippen MR) is 125 cm³/mol. The third kappa shape index (κ3) is 3.93. The van der Waals surface area contributed by atoms with Crippen LogP contribution in [0.15, 0.2) is 60.7 Å². The van der Waals surface area contributed by atoms with E-state index in [4.69, 9.17) is 0 Å². The van der Waals surface area contributed by atoms with Crippen molar-refractivity contribution in [3.8, 4) is 5.69 Å². The molecule has 1 aliphatic heterocycles. The Kier molecular flexibility index (Phi) is 5.87. The van der Waals surface area contributed by atoms with Crippen molar-refractivity contribution in [2.45, 2.75) is 33.1 Å². The number of hydrogen-bond donors (Lipinski definition) is 0. The Morgan fingerprint density at radius 1 is 0.812 bits per heavy atom. The molecule has 3 aromatic rings. The highest BCUT2D eigenvalue weighted by molar-refractivity contribution is 5.97. The predicted octanol–water partition coefficient (Wildman–Crippen LogP) is 3.75. The van der Waals surface area contributed by atoms with Crippen LogP contribution in [0.4, 0.5) is 0 Å². The summed E-state index contributed by atoms with van der Waals surface area (Å²) in [6, 6.07) is 19.7. The fraction of sp³-hybridized carbons (Fsp3) is 0.346. The van der Waals surface area contributed by atoms with Crippen molar-refractivity contribution < 1.29 is 9.59 Å². The number of piperazine rings is 1. The fourth-order valence-electron chi connectivity index (χ4n) is 4.42. The molecule has 0 aliphatic carbocycles. The van der Waals surface area contributed by atoms with Crippen molar-refractivity contribution in [2.75, 3.05) is 26.2 Å². The molecular formula is C26H30N4O2. The van der Waals surface area contributed by atoms with Crippen LogP contribution in [-0.2, 0) is 10.2 Å².